The Morgan fingerprint density at radius 2 is 1.53 bits per heavy atom. The van der Waals surface area contributed by atoms with Crippen LogP contribution in [0.1, 0.15) is 71.1 Å². The van der Waals surface area contributed by atoms with Gasteiger partial charge in [0.05, 0.1) is 0 Å². The second-order valence-corrected chi connectivity index (χ2v) is 5.26. The minimum absolute atomic E-state index is 1.08. The zero-order chi connectivity index (χ0) is 12.3. The fraction of sp³-hybridized carbons (Fsp3) is 0.750. The molecule has 0 radical (unpaired) electrons. The van der Waals surface area contributed by atoms with E-state index in [1.54, 1.807) is 0 Å². The van der Waals surface area contributed by atoms with Crippen LogP contribution in [0.5, 0.6) is 0 Å². The third-order valence-corrected chi connectivity index (χ3v) is 3.43. The molecule has 0 atom stereocenters. The lowest BCUT2D eigenvalue weighted by molar-refractivity contribution is 0.557. The molecule has 1 heteroatoms. The molecule has 0 saturated carbocycles. The number of allylic oxidation sites excluding steroid dienone is 2. The minimum Gasteiger partial charge on any atom is -0.388 e. The highest BCUT2D eigenvalue weighted by Crippen LogP contribution is 2.20. The van der Waals surface area contributed by atoms with Crippen LogP contribution in [0, 0.1) is 0 Å². The van der Waals surface area contributed by atoms with E-state index in [0.29, 0.717) is 0 Å². The molecule has 0 bridgehead atoms. The van der Waals surface area contributed by atoms with Gasteiger partial charge in [-0.25, -0.2) is 0 Å². The van der Waals surface area contributed by atoms with Crippen LogP contribution < -0.4 is 5.32 Å². The highest BCUT2D eigenvalue weighted by atomic mass is 14.9. The molecule has 0 heterocycles. The highest BCUT2D eigenvalue weighted by Gasteiger charge is 2.07. The Balaban J connectivity index is 1.73. The molecule has 98 valence electrons. The molecule has 1 rings (SSSR count). The molecule has 0 amide bonds. The fourth-order valence-corrected chi connectivity index (χ4v) is 2.26. The van der Waals surface area contributed by atoms with Crippen molar-refractivity contribution >= 4 is 0 Å². The van der Waals surface area contributed by atoms with E-state index in [2.05, 4.69) is 24.9 Å². The van der Waals surface area contributed by atoms with E-state index in [0.717, 1.165) is 13.0 Å². The number of hydrogen-bond acceptors (Lipinski definition) is 1. The largest absolute Gasteiger partial charge is 0.388 e. The highest BCUT2D eigenvalue weighted by molar-refractivity contribution is 5.34. The van der Waals surface area contributed by atoms with Gasteiger partial charge in [-0.05, 0) is 18.1 Å². The summed E-state index contributed by atoms with van der Waals surface area (Å²) in [5.41, 5.74) is 2.65. The fourth-order valence-electron chi connectivity index (χ4n) is 2.26. The molecule has 17 heavy (non-hydrogen) atoms. The van der Waals surface area contributed by atoms with Gasteiger partial charge < -0.3 is 5.32 Å². The monoisotopic (exact) mass is 235 g/mol. The van der Waals surface area contributed by atoms with Gasteiger partial charge in [0.1, 0.15) is 0 Å². The van der Waals surface area contributed by atoms with Gasteiger partial charge in [-0.3, -0.25) is 0 Å². The predicted octanol–water partition coefficient (Wildman–Crippen LogP) is 4.95. The van der Waals surface area contributed by atoms with E-state index in [-0.39, 0.29) is 0 Å². The molecule has 0 unspecified atom stereocenters. The topological polar surface area (TPSA) is 12.0 Å². The molecule has 0 fully saturated rings. The van der Waals surface area contributed by atoms with Crippen molar-refractivity contribution in [2.45, 2.75) is 71.1 Å². The number of unbranched alkanes of at least 4 members (excludes halogenated alkanes) is 8. The Morgan fingerprint density at radius 1 is 1.00 bits per heavy atom. The minimum atomic E-state index is 1.08. The lowest BCUT2D eigenvalue weighted by Gasteiger charge is -2.18. The van der Waals surface area contributed by atoms with Crippen molar-refractivity contribution in [3.05, 3.63) is 23.9 Å². The first-order chi connectivity index (χ1) is 8.33. The third kappa shape index (κ3) is 7.25. The Hall–Kier alpha value is -0.720. The molecule has 1 aliphatic rings. The van der Waals surface area contributed by atoms with E-state index in [1.807, 2.05) is 0 Å². The molecule has 0 aromatic carbocycles. The average molecular weight is 235 g/mol. The Morgan fingerprint density at radius 3 is 2.06 bits per heavy atom. The summed E-state index contributed by atoms with van der Waals surface area (Å²) >= 11 is 0. The predicted molar refractivity (Wildman–Crippen MR) is 77.1 cm³/mol. The second-order valence-electron chi connectivity index (χ2n) is 5.26. The van der Waals surface area contributed by atoms with Gasteiger partial charge in [0.15, 0.2) is 0 Å². The molecule has 0 aliphatic heterocycles. The Labute approximate surface area is 107 Å². The van der Waals surface area contributed by atoms with Crippen molar-refractivity contribution < 1.29 is 0 Å². The molecule has 0 spiro atoms. The average Bonchev–Trinajstić information content (AvgIpc) is 2.29. The summed E-state index contributed by atoms with van der Waals surface area (Å²) < 4.78 is 0. The Bertz CT molecular complexity index is 240. The number of hydrogen-bond donors (Lipinski definition) is 1. The van der Waals surface area contributed by atoms with Gasteiger partial charge in [-0.2, -0.15) is 0 Å². The smallest absolute Gasteiger partial charge is 0.0154 e. The van der Waals surface area contributed by atoms with Crippen LogP contribution in [-0.4, -0.2) is 6.54 Å². The number of rotatable bonds is 11. The zero-order valence-electron chi connectivity index (χ0n) is 11.6. The van der Waals surface area contributed by atoms with Crippen molar-refractivity contribution in [2.24, 2.45) is 0 Å². The molecule has 1 aliphatic carbocycles. The molecular weight excluding hydrogens is 206 g/mol. The van der Waals surface area contributed by atoms with Gasteiger partial charge in [0.25, 0.3) is 0 Å². The lowest BCUT2D eigenvalue weighted by atomic mass is 10.0. The summed E-state index contributed by atoms with van der Waals surface area (Å²) in [6.07, 6.45) is 15.9. The summed E-state index contributed by atoms with van der Waals surface area (Å²) in [5.74, 6) is 0. The standard InChI is InChI=1S/C16H29N/c1-3-4-5-6-7-8-9-10-11-12-17-16-13-15(2)14-16/h13,17H,2-12,14H2,1H3. The van der Waals surface area contributed by atoms with Gasteiger partial charge in [-0.1, -0.05) is 64.9 Å². The van der Waals surface area contributed by atoms with Crippen molar-refractivity contribution in [1.82, 2.24) is 5.32 Å². The SMILES string of the molecule is C=C1C=C(NCCCCCCCCCCC)C1. The van der Waals surface area contributed by atoms with E-state index < -0.39 is 0 Å². The maximum atomic E-state index is 3.89. The van der Waals surface area contributed by atoms with Gasteiger partial charge in [0.2, 0.25) is 0 Å². The summed E-state index contributed by atoms with van der Waals surface area (Å²) in [6, 6.07) is 0. The van der Waals surface area contributed by atoms with Crippen molar-refractivity contribution in [3.63, 3.8) is 0 Å². The molecule has 0 aromatic rings. The maximum absolute atomic E-state index is 3.89. The van der Waals surface area contributed by atoms with E-state index in [9.17, 15) is 0 Å². The van der Waals surface area contributed by atoms with Crippen molar-refractivity contribution in [3.8, 4) is 0 Å². The van der Waals surface area contributed by atoms with E-state index >= 15 is 0 Å². The van der Waals surface area contributed by atoms with Crippen molar-refractivity contribution in [2.75, 3.05) is 6.54 Å². The van der Waals surface area contributed by atoms with E-state index in [4.69, 9.17) is 0 Å². The molecule has 0 saturated heterocycles. The summed E-state index contributed by atoms with van der Waals surface area (Å²) in [7, 11) is 0. The van der Waals surface area contributed by atoms with Crippen LogP contribution in [0.3, 0.4) is 0 Å². The van der Waals surface area contributed by atoms with Crippen LogP contribution >= 0.6 is 0 Å². The van der Waals surface area contributed by atoms with Crippen LogP contribution in [-0.2, 0) is 0 Å². The summed E-state index contributed by atoms with van der Waals surface area (Å²) in [4.78, 5) is 0. The first-order valence-corrected chi connectivity index (χ1v) is 7.45. The molecule has 1 N–H and O–H groups in total. The first-order valence-electron chi connectivity index (χ1n) is 7.45. The number of nitrogens with one attached hydrogen (secondary N) is 1. The van der Waals surface area contributed by atoms with Crippen LogP contribution in [0.15, 0.2) is 23.9 Å². The van der Waals surface area contributed by atoms with Crippen LogP contribution in [0.2, 0.25) is 0 Å². The zero-order valence-corrected chi connectivity index (χ0v) is 11.6. The summed E-state index contributed by atoms with van der Waals surface area (Å²) in [6.45, 7) is 7.32. The third-order valence-electron chi connectivity index (χ3n) is 3.43. The van der Waals surface area contributed by atoms with E-state index in [1.165, 1.54) is 69.1 Å². The maximum Gasteiger partial charge on any atom is 0.0154 e. The second kappa shape index (κ2) is 9.32. The van der Waals surface area contributed by atoms with Gasteiger partial charge in [0, 0.05) is 18.7 Å². The van der Waals surface area contributed by atoms with Crippen LogP contribution in [0.4, 0.5) is 0 Å². The molecule has 0 aromatic heterocycles. The van der Waals surface area contributed by atoms with Crippen LogP contribution in [0.25, 0.3) is 0 Å². The lowest BCUT2D eigenvalue weighted by Crippen LogP contribution is -2.19. The molecular formula is C16H29N. The quantitative estimate of drug-likeness (QED) is 0.500. The summed E-state index contributed by atoms with van der Waals surface area (Å²) in [5, 5.41) is 3.47. The Kier molecular flexibility index (Phi) is 7.87. The van der Waals surface area contributed by atoms with Gasteiger partial charge >= 0.3 is 0 Å². The molecule has 1 nitrogen and oxygen atoms in total. The van der Waals surface area contributed by atoms with Gasteiger partial charge in [-0.15, -0.1) is 0 Å². The first kappa shape index (κ1) is 14.3. The normalized spacial score (nSPS) is 14.4. The van der Waals surface area contributed by atoms with Crippen molar-refractivity contribution in [1.29, 1.82) is 0 Å².